The molecule has 0 N–H and O–H groups in total. The van der Waals surface area contributed by atoms with Gasteiger partial charge in [0.25, 0.3) is 0 Å². The summed E-state index contributed by atoms with van der Waals surface area (Å²) in [6.45, 7) is 7.04. The maximum absolute atomic E-state index is 12.7. The highest BCUT2D eigenvalue weighted by molar-refractivity contribution is 6.28. The van der Waals surface area contributed by atoms with Gasteiger partial charge in [0.1, 0.15) is 29.6 Å². The van der Waals surface area contributed by atoms with Crippen LogP contribution in [-0.4, -0.2) is 62.9 Å². The molecule has 1 aliphatic rings. The standard InChI is InChI=1S/C20H25O10/c1-6-26-16(21)11-12(17(22)27-7-2)14(19(24)29-9-4)15(20(25)30-10-5)13(11)18(23)28-8-3/h6-10H2,1-5H3. The van der Waals surface area contributed by atoms with Gasteiger partial charge in [0.05, 0.1) is 33.0 Å². The van der Waals surface area contributed by atoms with E-state index in [0.717, 1.165) is 0 Å². The van der Waals surface area contributed by atoms with E-state index in [1.807, 2.05) is 0 Å². The average molecular weight is 425 g/mol. The molecule has 1 saturated carbocycles. The number of carbonyl (C=O) groups is 5. The summed E-state index contributed by atoms with van der Waals surface area (Å²) in [7, 11) is 0. The first-order valence-electron chi connectivity index (χ1n) is 9.52. The summed E-state index contributed by atoms with van der Waals surface area (Å²) in [5, 5.41) is 0. The van der Waals surface area contributed by atoms with E-state index in [4.69, 9.17) is 23.7 Å². The van der Waals surface area contributed by atoms with Crippen LogP contribution in [0.25, 0.3) is 0 Å². The van der Waals surface area contributed by atoms with Crippen LogP contribution in [0.15, 0.2) is 0 Å². The lowest BCUT2D eigenvalue weighted by Gasteiger charge is -2.20. The van der Waals surface area contributed by atoms with Crippen molar-refractivity contribution in [3.05, 3.63) is 29.6 Å². The average Bonchev–Trinajstić information content (AvgIpc) is 3.05. The van der Waals surface area contributed by atoms with Crippen molar-refractivity contribution >= 4 is 29.8 Å². The van der Waals surface area contributed by atoms with Crippen molar-refractivity contribution in [1.29, 1.82) is 0 Å². The Bertz CT molecular complexity index is 506. The zero-order valence-electron chi connectivity index (χ0n) is 17.6. The van der Waals surface area contributed by atoms with E-state index in [9.17, 15) is 24.0 Å². The maximum atomic E-state index is 12.7. The lowest BCUT2D eigenvalue weighted by molar-refractivity contribution is -0.148. The zero-order chi connectivity index (χ0) is 22.8. The number of hydrogen-bond donors (Lipinski definition) is 0. The van der Waals surface area contributed by atoms with Crippen molar-refractivity contribution in [2.45, 2.75) is 34.6 Å². The number of hydrogen-bond acceptors (Lipinski definition) is 10. The highest BCUT2D eigenvalue weighted by Crippen LogP contribution is 2.55. The molecule has 165 valence electrons. The molecule has 0 aromatic heterocycles. The van der Waals surface area contributed by atoms with Crippen LogP contribution < -0.4 is 0 Å². The Morgan fingerprint density at radius 1 is 0.400 bits per heavy atom. The molecule has 0 spiro atoms. The van der Waals surface area contributed by atoms with Crippen molar-refractivity contribution in [2.75, 3.05) is 33.0 Å². The summed E-state index contributed by atoms with van der Waals surface area (Å²) >= 11 is 0. The highest BCUT2D eigenvalue weighted by atomic mass is 16.6. The summed E-state index contributed by atoms with van der Waals surface area (Å²) in [4.78, 5) is 63.4. The van der Waals surface area contributed by atoms with E-state index in [0.29, 0.717) is 0 Å². The van der Waals surface area contributed by atoms with Gasteiger partial charge in [0, 0.05) is 0 Å². The Labute approximate surface area is 175 Å². The molecule has 0 bridgehead atoms. The zero-order valence-corrected chi connectivity index (χ0v) is 17.6. The third kappa shape index (κ3) is 5.48. The fourth-order valence-corrected chi connectivity index (χ4v) is 2.66. The monoisotopic (exact) mass is 425 g/mol. The molecule has 0 aromatic rings. The van der Waals surface area contributed by atoms with Crippen LogP contribution >= 0.6 is 0 Å². The normalized spacial score (nSPS) is 16.2. The van der Waals surface area contributed by atoms with Gasteiger partial charge in [-0.25, -0.2) is 0 Å². The Hall–Kier alpha value is -2.65. The van der Waals surface area contributed by atoms with Gasteiger partial charge < -0.3 is 23.7 Å². The summed E-state index contributed by atoms with van der Waals surface area (Å²) in [5.74, 6) is -8.59. The molecule has 0 unspecified atom stereocenters. The van der Waals surface area contributed by atoms with E-state index < -0.39 is 59.4 Å². The predicted molar refractivity (Wildman–Crippen MR) is 99.4 cm³/mol. The predicted octanol–water partition coefficient (Wildman–Crippen LogP) is 0.688. The minimum absolute atomic E-state index is 0.0992. The van der Waals surface area contributed by atoms with E-state index >= 15 is 0 Å². The second-order valence-corrected chi connectivity index (χ2v) is 5.48. The first-order valence-corrected chi connectivity index (χ1v) is 9.52. The molecule has 0 atom stereocenters. The maximum Gasteiger partial charge on any atom is 0.315 e. The van der Waals surface area contributed by atoms with E-state index in [2.05, 4.69) is 0 Å². The second kappa shape index (κ2) is 12.1. The van der Waals surface area contributed by atoms with Crippen LogP contribution in [0, 0.1) is 29.6 Å². The molecule has 1 rings (SSSR count). The van der Waals surface area contributed by atoms with Crippen molar-refractivity contribution in [3.63, 3.8) is 0 Å². The molecule has 30 heavy (non-hydrogen) atoms. The second-order valence-electron chi connectivity index (χ2n) is 5.48. The lowest BCUT2D eigenvalue weighted by Crippen LogP contribution is -2.34. The van der Waals surface area contributed by atoms with Crippen LogP contribution in [0.4, 0.5) is 0 Å². The molecule has 1 fully saturated rings. The van der Waals surface area contributed by atoms with E-state index in [1.165, 1.54) is 34.6 Å². The van der Waals surface area contributed by atoms with Crippen LogP contribution in [0.5, 0.6) is 0 Å². The Morgan fingerprint density at radius 2 is 0.533 bits per heavy atom. The Kier molecular flexibility index (Phi) is 10.3. The number of carbonyl (C=O) groups excluding carboxylic acids is 5. The van der Waals surface area contributed by atoms with Crippen molar-refractivity contribution in [3.8, 4) is 0 Å². The van der Waals surface area contributed by atoms with Crippen molar-refractivity contribution < 1.29 is 47.7 Å². The van der Waals surface area contributed by atoms with E-state index in [1.54, 1.807) is 0 Å². The quantitative estimate of drug-likeness (QED) is 0.364. The number of esters is 5. The first-order chi connectivity index (χ1) is 14.3. The number of rotatable bonds is 10. The SMILES string of the molecule is CCOC(=O)[C]1[C](C(=O)OCC)[C](C(=O)OCC)[C](C(=O)OCC)[C]1C(=O)OCC. The fourth-order valence-electron chi connectivity index (χ4n) is 2.66. The summed E-state index contributed by atoms with van der Waals surface area (Å²) in [6, 6.07) is 0. The van der Waals surface area contributed by atoms with Gasteiger partial charge in [0.2, 0.25) is 0 Å². The topological polar surface area (TPSA) is 132 Å². The third-order valence-corrected chi connectivity index (χ3v) is 3.65. The van der Waals surface area contributed by atoms with Gasteiger partial charge >= 0.3 is 29.8 Å². The largest absolute Gasteiger partial charge is 0.465 e. The molecule has 1 aliphatic carbocycles. The smallest absolute Gasteiger partial charge is 0.315 e. The molecule has 5 radical (unpaired) electrons. The molecule has 0 amide bonds. The van der Waals surface area contributed by atoms with Crippen molar-refractivity contribution in [2.24, 2.45) is 0 Å². The summed E-state index contributed by atoms with van der Waals surface area (Å²) in [5.41, 5.74) is 0. The third-order valence-electron chi connectivity index (χ3n) is 3.65. The molecule has 10 nitrogen and oxygen atoms in total. The van der Waals surface area contributed by atoms with Crippen LogP contribution in [0.3, 0.4) is 0 Å². The Morgan fingerprint density at radius 3 is 0.633 bits per heavy atom. The molecular formula is C20H25O10. The van der Waals surface area contributed by atoms with Gasteiger partial charge in [-0.15, -0.1) is 0 Å². The molecular weight excluding hydrogens is 400 g/mol. The first kappa shape index (κ1) is 25.4. The van der Waals surface area contributed by atoms with Crippen LogP contribution in [-0.2, 0) is 47.7 Å². The van der Waals surface area contributed by atoms with Gasteiger partial charge in [0.15, 0.2) is 0 Å². The summed E-state index contributed by atoms with van der Waals surface area (Å²) in [6.07, 6.45) is 0. The van der Waals surface area contributed by atoms with Gasteiger partial charge in [-0.1, -0.05) is 0 Å². The van der Waals surface area contributed by atoms with Gasteiger partial charge in [-0.05, 0) is 34.6 Å². The lowest BCUT2D eigenvalue weighted by atomic mass is 9.86. The minimum atomic E-state index is -1.11. The summed E-state index contributed by atoms with van der Waals surface area (Å²) < 4.78 is 24.8. The number of ether oxygens (including phenoxy) is 5. The molecule has 10 heteroatoms. The highest BCUT2D eigenvalue weighted by Gasteiger charge is 2.69. The molecule has 0 aromatic carbocycles. The van der Waals surface area contributed by atoms with Gasteiger partial charge in [-0.3, -0.25) is 24.0 Å². The van der Waals surface area contributed by atoms with Gasteiger partial charge in [-0.2, -0.15) is 0 Å². The molecule has 0 saturated heterocycles. The Balaban J connectivity index is 3.68. The molecule has 0 aliphatic heterocycles. The van der Waals surface area contributed by atoms with Crippen molar-refractivity contribution in [1.82, 2.24) is 0 Å². The minimum Gasteiger partial charge on any atom is -0.465 e. The van der Waals surface area contributed by atoms with Crippen LogP contribution in [0.1, 0.15) is 34.6 Å². The van der Waals surface area contributed by atoms with Crippen LogP contribution in [0.2, 0.25) is 0 Å². The fraction of sp³-hybridized carbons (Fsp3) is 0.500. The van der Waals surface area contributed by atoms with E-state index in [-0.39, 0.29) is 33.0 Å². The molecule has 0 heterocycles.